The van der Waals surface area contributed by atoms with Crippen LogP contribution < -0.4 is 15.4 Å². The predicted molar refractivity (Wildman–Crippen MR) is 94.3 cm³/mol. The first kappa shape index (κ1) is 19.0. The quantitative estimate of drug-likeness (QED) is 0.822. The number of halogens is 3. The molecular weight excluding hydrogens is 375 g/mol. The number of hydrogen-bond acceptors (Lipinski definition) is 4. The molecule has 152 valence electrons. The van der Waals surface area contributed by atoms with Crippen molar-refractivity contribution in [3.8, 4) is 5.75 Å². The number of nitrogens with one attached hydrogen (secondary N) is 2. The zero-order valence-corrected chi connectivity index (χ0v) is 15.7. The van der Waals surface area contributed by atoms with Crippen molar-refractivity contribution in [2.75, 3.05) is 11.9 Å². The molecule has 6 nitrogen and oxygen atoms in total. The van der Waals surface area contributed by atoms with E-state index in [0.29, 0.717) is 18.0 Å². The molecule has 28 heavy (non-hydrogen) atoms. The van der Waals surface area contributed by atoms with Crippen molar-refractivity contribution in [2.24, 2.45) is 5.92 Å². The fourth-order valence-electron chi connectivity index (χ4n) is 4.60. The zero-order valence-electron chi connectivity index (χ0n) is 15.7. The third kappa shape index (κ3) is 2.92. The number of amides is 2. The van der Waals surface area contributed by atoms with Crippen LogP contribution >= 0.6 is 0 Å². The molecule has 2 aliphatic heterocycles. The van der Waals surface area contributed by atoms with Crippen LogP contribution in [0.4, 0.5) is 18.9 Å². The van der Waals surface area contributed by atoms with E-state index in [2.05, 4.69) is 15.4 Å². The van der Waals surface area contributed by atoms with Crippen LogP contribution in [-0.4, -0.2) is 35.2 Å². The Labute approximate surface area is 160 Å². The van der Waals surface area contributed by atoms with Gasteiger partial charge in [-0.05, 0) is 44.7 Å². The van der Waals surface area contributed by atoms with Gasteiger partial charge in [-0.1, -0.05) is 12.8 Å². The van der Waals surface area contributed by atoms with E-state index in [1.807, 2.05) is 0 Å². The van der Waals surface area contributed by atoms with Gasteiger partial charge in [-0.2, -0.15) is 0 Å². The molecule has 1 aromatic carbocycles. The summed E-state index contributed by atoms with van der Waals surface area (Å²) in [5.74, 6) is -0.780. The Morgan fingerprint density at radius 3 is 2.54 bits per heavy atom. The molecule has 1 unspecified atom stereocenters. The summed E-state index contributed by atoms with van der Waals surface area (Å²) in [5.41, 5.74) is -1.75. The molecule has 1 saturated heterocycles. The minimum atomic E-state index is -4.83. The second-order valence-electron chi connectivity index (χ2n) is 8.24. The Bertz CT molecular complexity index is 833. The van der Waals surface area contributed by atoms with Gasteiger partial charge in [0.25, 0.3) is 5.91 Å². The zero-order chi connectivity index (χ0) is 20.3. The third-order valence-electron chi connectivity index (χ3n) is 5.78. The number of nitrogens with zero attached hydrogens (tertiary/aromatic N) is 1. The molecule has 0 bridgehead atoms. The van der Waals surface area contributed by atoms with Crippen molar-refractivity contribution in [3.63, 3.8) is 0 Å². The molecule has 2 amide bonds. The van der Waals surface area contributed by atoms with Crippen LogP contribution in [0.3, 0.4) is 0 Å². The van der Waals surface area contributed by atoms with Crippen molar-refractivity contribution in [1.29, 1.82) is 0 Å². The van der Waals surface area contributed by atoms with Gasteiger partial charge in [-0.15, -0.1) is 13.2 Å². The molecule has 2 fully saturated rings. The summed E-state index contributed by atoms with van der Waals surface area (Å²) < 4.78 is 41.6. The fourth-order valence-corrected chi connectivity index (χ4v) is 4.60. The lowest BCUT2D eigenvalue weighted by Gasteiger charge is -2.34. The van der Waals surface area contributed by atoms with E-state index in [1.54, 1.807) is 18.7 Å². The highest BCUT2D eigenvalue weighted by Gasteiger charge is 2.63. The number of alkyl halides is 3. The van der Waals surface area contributed by atoms with Gasteiger partial charge in [-0.3, -0.25) is 14.9 Å². The van der Waals surface area contributed by atoms with Crippen LogP contribution in [0.15, 0.2) is 18.2 Å². The van der Waals surface area contributed by atoms with E-state index in [4.69, 9.17) is 0 Å². The molecule has 1 spiro atoms. The van der Waals surface area contributed by atoms with E-state index in [-0.39, 0.29) is 11.6 Å². The number of rotatable bonds is 3. The summed E-state index contributed by atoms with van der Waals surface area (Å²) in [7, 11) is 0. The number of fused-ring (bicyclic) bond motifs is 2. The predicted octanol–water partition coefficient (Wildman–Crippen LogP) is 3.09. The second kappa shape index (κ2) is 6.10. The largest absolute Gasteiger partial charge is 0.573 e. The lowest BCUT2D eigenvalue weighted by atomic mass is 9.97. The topological polar surface area (TPSA) is 70.7 Å². The van der Waals surface area contributed by atoms with E-state index in [9.17, 15) is 22.8 Å². The first-order chi connectivity index (χ1) is 13.0. The lowest BCUT2D eigenvalue weighted by Crippen LogP contribution is -2.56. The molecule has 1 aromatic rings. The molecule has 9 heteroatoms. The molecule has 3 aliphatic rings. The molecule has 0 aromatic heterocycles. The molecule has 1 aliphatic carbocycles. The third-order valence-corrected chi connectivity index (χ3v) is 5.78. The number of carbonyl (C=O) groups is 2. The van der Waals surface area contributed by atoms with Crippen LogP contribution in [-0.2, 0) is 15.3 Å². The Kier molecular flexibility index (Phi) is 4.15. The summed E-state index contributed by atoms with van der Waals surface area (Å²) >= 11 is 0. The van der Waals surface area contributed by atoms with Crippen molar-refractivity contribution in [2.45, 2.75) is 57.1 Å². The van der Waals surface area contributed by atoms with Crippen molar-refractivity contribution in [3.05, 3.63) is 23.8 Å². The maximum atomic E-state index is 13.1. The summed E-state index contributed by atoms with van der Waals surface area (Å²) in [6, 6.07) is 3.72. The van der Waals surface area contributed by atoms with E-state index in [0.717, 1.165) is 31.7 Å². The fraction of sp³-hybridized carbons (Fsp3) is 0.579. The van der Waals surface area contributed by atoms with Gasteiger partial charge in [0.1, 0.15) is 5.75 Å². The summed E-state index contributed by atoms with van der Waals surface area (Å²) in [4.78, 5) is 27.7. The second-order valence-corrected chi connectivity index (χ2v) is 8.24. The maximum Gasteiger partial charge on any atom is 0.573 e. The molecule has 2 N–H and O–H groups in total. The minimum absolute atomic E-state index is 0.196. The SMILES string of the molecule is CC1(C)NC2(C(=O)Nc3cc(OC(F)(F)F)ccc32)N(CC2CCCC2)C1=O. The summed E-state index contributed by atoms with van der Waals surface area (Å²) in [5, 5.41) is 5.78. The van der Waals surface area contributed by atoms with Gasteiger partial charge >= 0.3 is 6.36 Å². The van der Waals surface area contributed by atoms with Crippen molar-refractivity contribution >= 4 is 17.5 Å². The number of anilines is 1. The lowest BCUT2D eigenvalue weighted by molar-refractivity contribution is -0.274. The average molecular weight is 397 g/mol. The Morgan fingerprint density at radius 1 is 1.21 bits per heavy atom. The van der Waals surface area contributed by atoms with E-state index in [1.165, 1.54) is 12.1 Å². The van der Waals surface area contributed by atoms with Crippen molar-refractivity contribution < 1.29 is 27.5 Å². The maximum absolute atomic E-state index is 13.1. The smallest absolute Gasteiger partial charge is 0.406 e. The number of carbonyl (C=O) groups excluding carboxylic acids is 2. The molecule has 1 saturated carbocycles. The Morgan fingerprint density at radius 2 is 1.89 bits per heavy atom. The molecule has 1 atom stereocenters. The highest BCUT2D eigenvalue weighted by molar-refractivity contribution is 6.10. The Hall–Kier alpha value is -2.29. The normalized spacial score (nSPS) is 26.8. The van der Waals surface area contributed by atoms with Gasteiger partial charge in [0.05, 0.1) is 11.2 Å². The monoisotopic (exact) mass is 397 g/mol. The molecule has 2 heterocycles. The molecule has 0 radical (unpaired) electrons. The minimum Gasteiger partial charge on any atom is -0.406 e. The first-order valence-electron chi connectivity index (χ1n) is 9.36. The van der Waals surface area contributed by atoms with Gasteiger partial charge in [-0.25, -0.2) is 0 Å². The van der Waals surface area contributed by atoms with Crippen LogP contribution in [0.25, 0.3) is 0 Å². The number of benzene rings is 1. The Balaban J connectivity index is 1.75. The highest BCUT2D eigenvalue weighted by Crippen LogP contribution is 2.47. The van der Waals surface area contributed by atoms with Crippen LogP contribution in [0.1, 0.15) is 45.1 Å². The van der Waals surface area contributed by atoms with E-state index < -0.39 is 29.2 Å². The van der Waals surface area contributed by atoms with Crippen LogP contribution in [0, 0.1) is 5.92 Å². The van der Waals surface area contributed by atoms with Gasteiger partial charge in [0.2, 0.25) is 11.6 Å². The van der Waals surface area contributed by atoms with E-state index >= 15 is 0 Å². The van der Waals surface area contributed by atoms with Gasteiger partial charge in [0, 0.05) is 18.2 Å². The van der Waals surface area contributed by atoms with Crippen LogP contribution in [0.5, 0.6) is 5.75 Å². The molecular formula is C19H22F3N3O3. The van der Waals surface area contributed by atoms with Gasteiger partial charge in [0.15, 0.2) is 0 Å². The van der Waals surface area contributed by atoms with Crippen molar-refractivity contribution in [1.82, 2.24) is 10.2 Å². The average Bonchev–Trinajstić information content (AvgIpc) is 3.21. The number of hydrogen-bond donors (Lipinski definition) is 2. The summed E-state index contributed by atoms with van der Waals surface area (Å²) in [6.07, 6.45) is -0.651. The highest BCUT2D eigenvalue weighted by atomic mass is 19.4. The number of ether oxygens (including phenoxy) is 1. The van der Waals surface area contributed by atoms with Crippen LogP contribution in [0.2, 0.25) is 0 Å². The van der Waals surface area contributed by atoms with Gasteiger partial charge < -0.3 is 15.0 Å². The standard InChI is InChI=1S/C19H22F3N3O3/c1-17(2)16(27)25(10-11-5-3-4-6-11)18(24-17)13-8-7-12(28-19(20,21)22)9-14(13)23-15(18)26/h7-9,11,24H,3-6,10H2,1-2H3,(H,23,26). The molecule has 4 rings (SSSR count). The first-order valence-corrected chi connectivity index (χ1v) is 9.36. The summed E-state index contributed by atoms with van der Waals surface area (Å²) in [6.45, 7) is 3.85.